The minimum atomic E-state index is -0.0614. The number of thiophene rings is 1. The maximum absolute atomic E-state index is 11.9. The van der Waals surface area contributed by atoms with Gasteiger partial charge in [-0.25, -0.2) is 0 Å². The lowest BCUT2D eigenvalue weighted by molar-refractivity contribution is 0.0951. The normalized spacial score (nSPS) is 10.2. The number of nitrogens with two attached hydrogens (primary N) is 1. The first kappa shape index (κ1) is 11.8. The van der Waals surface area contributed by atoms with Crippen LogP contribution in [0.25, 0.3) is 0 Å². The van der Waals surface area contributed by atoms with Crippen molar-refractivity contribution >= 4 is 17.2 Å². The van der Waals surface area contributed by atoms with Crippen molar-refractivity contribution < 1.29 is 4.79 Å². The van der Waals surface area contributed by atoms with Crippen molar-refractivity contribution in [3.05, 3.63) is 57.8 Å². The molecule has 0 bridgehead atoms. The summed E-state index contributed by atoms with van der Waals surface area (Å²) in [7, 11) is 0. The molecule has 3 N–H and O–H groups in total. The Labute approximate surface area is 104 Å². The van der Waals surface area contributed by atoms with Crippen LogP contribution in [0.5, 0.6) is 0 Å². The maximum atomic E-state index is 11.9. The highest BCUT2D eigenvalue weighted by Crippen LogP contribution is 2.09. The van der Waals surface area contributed by atoms with E-state index in [9.17, 15) is 4.79 Å². The second-order valence-corrected chi connectivity index (χ2v) is 4.70. The van der Waals surface area contributed by atoms with E-state index < -0.39 is 0 Å². The van der Waals surface area contributed by atoms with Crippen LogP contribution in [-0.2, 0) is 13.1 Å². The van der Waals surface area contributed by atoms with Gasteiger partial charge in [-0.2, -0.15) is 0 Å². The van der Waals surface area contributed by atoms with Crippen molar-refractivity contribution in [2.45, 2.75) is 13.1 Å². The molecule has 2 rings (SSSR count). The van der Waals surface area contributed by atoms with Crippen LogP contribution in [-0.4, -0.2) is 5.91 Å². The largest absolute Gasteiger partial charge is 0.347 e. The molecule has 0 radical (unpaired) electrons. The van der Waals surface area contributed by atoms with Gasteiger partial charge in [-0.05, 0) is 29.1 Å². The highest BCUT2D eigenvalue weighted by molar-refractivity contribution is 7.09. The first-order valence-electron chi connectivity index (χ1n) is 5.39. The minimum Gasteiger partial charge on any atom is -0.347 e. The topological polar surface area (TPSA) is 55.1 Å². The number of hydrogen-bond acceptors (Lipinski definition) is 3. The third kappa shape index (κ3) is 3.15. The molecule has 1 aromatic carbocycles. The fraction of sp³-hybridized carbons (Fsp3) is 0.154. The molecular formula is C13H14N2OS. The molecule has 88 valence electrons. The molecule has 0 aliphatic heterocycles. The van der Waals surface area contributed by atoms with Crippen LogP contribution < -0.4 is 11.1 Å². The van der Waals surface area contributed by atoms with Gasteiger partial charge >= 0.3 is 0 Å². The zero-order valence-corrected chi connectivity index (χ0v) is 10.2. The van der Waals surface area contributed by atoms with Crippen LogP contribution in [0.2, 0.25) is 0 Å². The van der Waals surface area contributed by atoms with E-state index >= 15 is 0 Å². The highest BCUT2D eigenvalue weighted by atomic mass is 32.1. The third-order valence-corrected chi connectivity index (χ3v) is 3.30. The van der Waals surface area contributed by atoms with E-state index in [1.807, 2.05) is 35.7 Å². The van der Waals surface area contributed by atoms with Gasteiger partial charge in [-0.15, -0.1) is 11.3 Å². The number of amides is 1. The molecule has 2 aromatic rings. The van der Waals surface area contributed by atoms with E-state index in [1.54, 1.807) is 17.4 Å². The summed E-state index contributed by atoms with van der Waals surface area (Å²) >= 11 is 1.63. The SMILES string of the molecule is NCc1cccc(C(=O)NCc2cccs2)c1. The molecule has 3 nitrogen and oxygen atoms in total. The van der Waals surface area contributed by atoms with Gasteiger partial charge in [0.2, 0.25) is 0 Å². The quantitative estimate of drug-likeness (QED) is 0.868. The highest BCUT2D eigenvalue weighted by Gasteiger charge is 2.05. The van der Waals surface area contributed by atoms with E-state index in [4.69, 9.17) is 5.73 Å². The van der Waals surface area contributed by atoms with Crippen LogP contribution in [0, 0.1) is 0 Å². The molecule has 0 spiro atoms. The smallest absolute Gasteiger partial charge is 0.251 e. The average Bonchev–Trinajstić information content (AvgIpc) is 2.89. The van der Waals surface area contributed by atoms with Gasteiger partial charge in [-0.1, -0.05) is 18.2 Å². The van der Waals surface area contributed by atoms with E-state index in [0.717, 1.165) is 10.4 Å². The van der Waals surface area contributed by atoms with E-state index in [2.05, 4.69) is 5.32 Å². The third-order valence-electron chi connectivity index (χ3n) is 2.43. The van der Waals surface area contributed by atoms with Crippen molar-refractivity contribution in [3.8, 4) is 0 Å². The summed E-state index contributed by atoms with van der Waals surface area (Å²) in [5.74, 6) is -0.0614. The number of hydrogen-bond donors (Lipinski definition) is 2. The standard InChI is InChI=1S/C13H14N2OS/c14-8-10-3-1-4-11(7-10)13(16)15-9-12-5-2-6-17-12/h1-7H,8-9,14H2,(H,15,16). The van der Waals surface area contributed by atoms with Crippen molar-refractivity contribution in [2.24, 2.45) is 5.73 Å². The predicted molar refractivity (Wildman–Crippen MR) is 69.8 cm³/mol. The van der Waals surface area contributed by atoms with Gasteiger partial charge in [0, 0.05) is 17.0 Å². The fourth-order valence-electron chi connectivity index (χ4n) is 1.52. The Hall–Kier alpha value is -1.65. The second kappa shape index (κ2) is 5.61. The molecule has 0 saturated heterocycles. The van der Waals surface area contributed by atoms with Gasteiger partial charge in [0.25, 0.3) is 5.91 Å². The van der Waals surface area contributed by atoms with Crippen LogP contribution in [0.15, 0.2) is 41.8 Å². The second-order valence-electron chi connectivity index (χ2n) is 3.67. The van der Waals surface area contributed by atoms with Gasteiger partial charge in [-0.3, -0.25) is 4.79 Å². The number of nitrogens with one attached hydrogen (secondary N) is 1. The molecule has 0 atom stereocenters. The summed E-state index contributed by atoms with van der Waals surface area (Å²) in [6.07, 6.45) is 0. The summed E-state index contributed by atoms with van der Waals surface area (Å²) in [6.45, 7) is 1.02. The number of benzene rings is 1. The lowest BCUT2D eigenvalue weighted by Crippen LogP contribution is -2.22. The molecule has 0 aliphatic rings. The van der Waals surface area contributed by atoms with Crippen LogP contribution >= 0.6 is 11.3 Å². The van der Waals surface area contributed by atoms with Crippen LogP contribution in [0.4, 0.5) is 0 Å². The fourth-order valence-corrected chi connectivity index (χ4v) is 2.17. The Morgan fingerprint density at radius 3 is 2.88 bits per heavy atom. The molecule has 1 heterocycles. The Balaban J connectivity index is 1.99. The Morgan fingerprint density at radius 2 is 2.18 bits per heavy atom. The van der Waals surface area contributed by atoms with Crippen LogP contribution in [0.3, 0.4) is 0 Å². The van der Waals surface area contributed by atoms with Gasteiger partial charge in [0.1, 0.15) is 0 Å². The molecule has 0 fully saturated rings. The zero-order chi connectivity index (χ0) is 12.1. The molecule has 1 amide bonds. The maximum Gasteiger partial charge on any atom is 0.251 e. The van der Waals surface area contributed by atoms with Gasteiger partial charge < -0.3 is 11.1 Å². The molecule has 0 unspecified atom stereocenters. The number of carbonyl (C=O) groups is 1. The first-order valence-corrected chi connectivity index (χ1v) is 6.27. The summed E-state index contributed by atoms with van der Waals surface area (Å²) in [5.41, 5.74) is 7.16. The van der Waals surface area contributed by atoms with Crippen molar-refractivity contribution in [2.75, 3.05) is 0 Å². The van der Waals surface area contributed by atoms with E-state index in [1.165, 1.54) is 0 Å². The van der Waals surface area contributed by atoms with E-state index in [-0.39, 0.29) is 5.91 Å². The average molecular weight is 246 g/mol. The van der Waals surface area contributed by atoms with Crippen LogP contribution in [0.1, 0.15) is 20.8 Å². The predicted octanol–water partition coefficient (Wildman–Crippen LogP) is 2.14. The van der Waals surface area contributed by atoms with Gasteiger partial charge in [0.05, 0.1) is 6.54 Å². The Bertz CT molecular complexity index is 494. The van der Waals surface area contributed by atoms with Crippen molar-refractivity contribution in [1.82, 2.24) is 5.32 Å². The minimum absolute atomic E-state index is 0.0614. The zero-order valence-electron chi connectivity index (χ0n) is 9.35. The van der Waals surface area contributed by atoms with Crippen molar-refractivity contribution in [1.29, 1.82) is 0 Å². The molecule has 1 aromatic heterocycles. The van der Waals surface area contributed by atoms with Crippen molar-refractivity contribution in [3.63, 3.8) is 0 Å². The lowest BCUT2D eigenvalue weighted by Gasteiger charge is -2.05. The molecule has 0 saturated carbocycles. The summed E-state index contributed by atoms with van der Waals surface area (Å²) in [4.78, 5) is 13.0. The lowest BCUT2D eigenvalue weighted by atomic mass is 10.1. The Morgan fingerprint density at radius 1 is 1.29 bits per heavy atom. The Kier molecular flexibility index (Phi) is 3.90. The monoisotopic (exact) mass is 246 g/mol. The summed E-state index contributed by atoms with van der Waals surface area (Å²) in [5, 5.41) is 4.88. The number of carbonyl (C=O) groups excluding carboxylic acids is 1. The summed E-state index contributed by atoms with van der Waals surface area (Å²) in [6, 6.07) is 11.4. The molecule has 17 heavy (non-hydrogen) atoms. The van der Waals surface area contributed by atoms with E-state index in [0.29, 0.717) is 18.7 Å². The molecule has 0 aliphatic carbocycles. The summed E-state index contributed by atoms with van der Waals surface area (Å²) < 4.78 is 0. The molecular weight excluding hydrogens is 232 g/mol. The number of rotatable bonds is 4. The van der Waals surface area contributed by atoms with Gasteiger partial charge in [0.15, 0.2) is 0 Å². The first-order chi connectivity index (χ1) is 8.29. The molecule has 4 heteroatoms.